The van der Waals surface area contributed by atoms with Crippen LogP contribution < -0.4 is 9.47 Å². The molecule has 0 unspecified atom stereocenters. The highest BCUT2D eigenvalue weighted by Crippen LogP contribution is 2.30. The number of carbonyl (C=O) groups excluding carboxylic acids is 1. The van der Waals surface area contributed by atoms with Crippen molar-refractivity contribution < 1.29 is 14.3 Å². The molecule has 9 heteroatoms. The second-order valence-electron chi connectivity index (χ2n) is 6.66. The maximum Gasteiger partial charge on any atom is 0.232 e. The molecule has 0 aliphatic heterocycles. The number of rotatable bonds is 10. The van der Waals surface area contributed by atoms with Gasteiger partial charge in [0.1, 0.15) is 18.1 Å². The van der Waals surface area contributed by atoms with Crippen molar-refractivity contribution in [2.75, 3.05) is 33.1 Å². The third-order valence-corrected chi connectivity index (χ3v) is 5.84. The predicted molar refractivity (Wildman–Crippen MR) is 123 cm³/mol. The fourth-order valence-electron chi connectivity index (χ4n) is 2.90. The van der Waals surface area contributed by atoms with E-state index in [2.05, 4.69) is 10.2 Å². The van der Waals surface area contributed by atoms with Crippen LogP contribution in [-0.4, -0.2) is 58.6 Å². The Balaban J connectivity index is 1.56. The van der Waals surface area contributed by atoms with Crippen LogP contribution in [0, 0.1) is 0 Å². The van der Waals surface area contributed by atoms with Crippen LogP contribution in [0.3, 0.4) is 0 Å². The molecule has 2 aromatic carbocycles. The lowest BCUT2D eigenvalue weighted by Crippen LogP contribution is -2.32. The van der Waals surface area contributed by atoms with Crippen LogP contribution in [0.15, 0.2) is 53.7 Å². The van der Waals surface area contributed by atoms with Crippen LogP contribution in [0.1, 0.15) is 6.92 Å². The van der Waals surface area contributed by atoms with Crippen molar-refractivity contribution >= 4 is 29.3 Å². The zero-order valence-corrected chi connectivity index (χ0v) is 19.3. The van der Waals surface area contributed by atoms with Gasteiger partial charge in [0.15, 0.2) is 11.0 Å². The Morgan fingerprint density at radius 3 is 2.61 bits per heavy atom. The Morgan fingerprint density at radius 2 is 1.90 bits per heavy atom. The molecular formula is C22H25ClN4O3S. The van der Waals surface area contributed by atoms with E-state index in [0.29, 0.717) is 29.9 Å². The number of halogens is 1. The fourth-order valence-corrected chi connectivity index (χ4v) is 3.97. The minimum Gasteiger partial charge on any atom is -0.496 e. The zero-order valence-electron chi connectivity index (χ0n) is 17.7. The molecule has 0 fully saturated rings. The number of carbonyl (C=O) groups is 1. The fraction of sp³-hybridized carbons (Fsp3) is 0.318. The van der Waals surface area contributed by atoms with Gasteiger partial charge < -0.3 is 18.9 Å². The third-order valence-electron chi connectivity index (χ3n) is 4.64. The summed E-state index contributed by atoms with van der Waals surface area (Å²) < 4.78 is 13.1. The molecule has 3 aromatic rings. The van der Waals surface area contributed by atoms with Crippen LogP contribution in [0.4, 0.5) is 0 Å². The Kier molecular flexibility index (Phi) is 8.20. The molecule has 0 N–H and O–H groups in total. The second-order valence-corrected chi connectivity index (χ2v) is 8.04. The Morgan fingerprint density at radius 1 is 1.16 bits per heavy atom. The van der Waals surface area contributed by atoms with Crippen molar-refractivity contribution in [3.63, 3.8) is 0 Å². The van der Waals surface area contributed by atoms with Gasteiger partial charge in [-0.2, -0.15) is 0 Å². The molecule has 0 saturated carbocycles. The smallest absolute Gasteiger partial charge is 0.232 e. The lowest BCUT2D eigenvalue weighted by atomic mass is 10.2. The Labute approximate surface area is 191 Å². The van der Waals surface area contributed by atoms with Crippen molar-refractivity contribution in [2.24, 2.45) is 0 Å². The van der Waals surface area contributed by atoms with E-state index >= 15 is 0 Å². The number of ether oxygens (including phenoxy) is 2. The van der Waals surface area contributed by atoms with Crippen LogP contribution in [0.25, 0.3) is 11.4 Å². The standard InChI is InChI=1S/C22H25ClN4O3S/c1-4-27-21(18-7-5-6-8-19(18)29-3)24-25-22(27)31-15-20(28)26(2)13-14-30-17-11-9-16(23)10-12-17/h5-12H,4,13-15H2,1-3H3. The van der Waals surface area contributed by atoms with Crippen LogP contribution >= 0.6 is 23.4 Å². The number of benzene rings is 2. The summed E-state index contributed by atoms with van der Waals surface area (Å²) in [5.41, 5.74) is 0.869. The van der Waals surface area contributed by atoms with E-state index in [1.165, 1.54) is 11.8 Å². The third kappa shape index (κ3) is 5.92. The summed E-state index contributed by atoms with van der Waals surface area (Å²) in [7, 11) is 3.39. The molecular weight excluding hydrogens is 436 g/mol. The molecule has 1 heterocycles. The number of aromatic nitrogens is 3. The summed E-state index contributed by atoms with van der Waals surface area (Å²) in [6.07, 6.45) is 0. The molecule has 0 aliphatic rings. The number of likely N-dealkylation sites (N-methyl/N-ethyl adjacent to an activating group) is 1. The van der Waals surface area contributed by atoms with Gasteiger partial charge in [0, 0.05) is 18.6 Å². The van der Waals surface area contributed by atoms with Crippen LogP contribution in [0.5, 0.6) is 11.5 Å². The minimum atomic E-state index is -0.00537. The average Bonchev–Trinajstić information content (AvgIpc) is 3.21. The summed E-state index contributed by atoms with van der Waals surface area (Å²) >= 11 is 7.24. The summed E-state index contributed by atoms with van der Waals surface area (Å²) in [6.45, 7) is 3.59. The molecule has 164 valence electrons. The van der Waals surface area contributed by atoms with E-state index in [1.807, 2.05) is 35.8 Å². The SMILES string of the molecule is CCn1c(SCC(=O)N(C)CCOc2ccc(Cl)cc2)nnc1-c1ccccc1OC. The van der Waals surface area contributed by atoms with Crippen LogP contribution in [0.2, 0.25) is 5.02 Å². The first-order chi connectivity index (χ1) is 15.0. The highest BCUT2D eigenvalue weighted by molar-refractivity contribution is 7.99. The highest BCUT2D eigenvalue weighted by Gasteiger charge is 2.18. The summed E-state index contributed by atoms with van der Waals surface area (Å²) in [5.74, 6) is 2.44. The lowest BCUT2D eigenvalue weighted by molar-refractivity contribution is -0.127. The number of hydrogen-bond acceptors (Lipinski definition) is 6. The van der Waals surface area contributed by atoms with Gasteiger partial charge in [0.2, 0.25) is 5.91 Å². The van der Waals surface area contributed by atoms with Gasteiger partial charge in [-0.25, -0.2) is 0 Å². The quantitative estimate of drug-likeness (QED) is 0.421. The van der Waals surface area contributed by atoms with Crippen LogP contribution in [-0.2, 0) is 11.3 Å². The van der Waals surface area contributed by atoms with Gasteiger partial charge >= 0.3 is 0 Å². The Hall–Kier alpha value is -2.71. The van der Waals surface area contributed by atoms with E-state index in [4.69, 9.17) is 21.1 Å². The summed E-state index contributed by atoms with van der Waals surface area (Å²) in [5, 5.41) is 9.98. The van der Waals surface area contributed by atoms with E-state index in [9.17, 15) is 4.79 Å². The van der Waals surface area contributed by atoms with Crippen molar-refractivity contribution in [3.8, 4) is 22.9 Å². The minimum absolute atomic E-state index is 0.00537. The number of hydrogen-bond donors (Lipinski definition) is 0. The molecule has 0 radical (unpaired) electrons. The second kappa shape index (κ2) is 11.1. The normalized spacial score (nSPS) is 10.7. The number of thioether (sulfide) groups is 1. The maximum absolute atomic E-state index is 12.5. The molecule has 0 bridgehead atoms. The molecule has 0 aliphatic carbocycles. The molecule has 3 rings (SSSR count). The molecule has 0 spiro atoms. The molecule has 31 heavy (non-hydrogen) atoms. The monoisotopic (exact) mass is 460 g/mol. The van der Waals surface area contributed by atoms with E-state index < -0.39 is 0 Å². The first-order valence-corrected chi connectivity index (χ1v) is 11.2. The van der Waals surface area contributed by atoms with Crippen molar-refractivity contribution in [3.05, 3.63) is 53.6 Å². The number of para-hydroxylation sites is 1. The van der Waals surface area contributed by atoms with Crippen molar-refractivity contribution in [1.29, 1.82) is 0 Å². The maximum atomic E-state index is 12.5. The average molecular weight is 461 g/mol. The van der Waals surface area contributed by atoms with E-state index in [0.717, 1.165) is 22.9 Å². The number of methoxy groups -OCH3 is 1. The lowest BCUT2D eigenvalue weighted by Gasteiger charge is -2.17. The van der Waals surface area contributed by atoms with Gasteiger partial charge in [-0.3, -0.25) is 4.79 Å². The Bertz CT molecular complexity index is 1010. The summed E-state index contributed by atoms with van der Waals surface area (Å²) in [6, 6.07) is 14.8. The summed E-state index contributed by atoms with van der Waals surface area (Å²) in [4.78, 5) is 14.2. The molecule has 1 aromatic heterocycles. The molecule has 0 saturated heterocycles. The molecule has 1 amide bonds. The van der Waals surface area contributed by atoms with Gasteiger partial charge in [0.25, 0.3) is 0 Å². The largest absolute Gasteiger partial charge is 0.496 e. The predicted octanol–water partition coefficient (Wildman–Crippen LogP) is 4.26. The molecule has 0 atom stereocenters. The van der Waals surface area contributed by atoms with Crippen molar-refractivity contribution in [2.45, 2.75) is 18.6 Å². The molecule has 7 nitrogen and oxygen atoms in total. The van der Waals surface area contributed by atoms with Gasteiger partial charge in [-0.1, -0.05) is 35.5 Å². The topological polar surface area (TPSA) is 69.5 Å². The van der Waals surface area contributed by atoms with E-state index in [1.54, 1.807) is 43.3 Å². The van der Waals surface area contributed by atoms with E-state index in [-0.39, 0.29) is 11.7 Å². The zero-order chi connectivity index (χ0) is 22.2. The first kappa shape index (κ1) is 23.0. The highest BCUT2D eigenvalue weighted by atomic mass is 35.5. The first-order valence-electron chi connectivity index (χ1n) is 9.85. The van der Waals surface area contributed by atoms with Gasteiger partial charge in [0.05, 0.1) is 25.0 Å². The van der Waals surface area contributed by atoms with Crippen molar-refractivity contribution in [1.82, 2.24) is 19.7 Å². The number of amides is 1. The van der Waals surface area contributed by atoms with Gasteiger partial charge in [-0.05, 0) is 43.3 Å². The number of nitrogens with zero attached hydrogens (tertiary/aromatic N) is 4. The van der Waals surface area contributed by atoms with Gasteiger partial charge in [-0.15, -0.1) is 10.2 Å².